The van der Waals surface area contributed by atoms with Crippen LogP contribution in [-0.2, 0) is 9.31 Å². The Kier molecular flexibility index (Phi) is 3.79. The van der Waals surface area contributed by atoms with Gasteiger partial charge in [0.2, 0.25) is 0 Å². The monoisotopic (exact) mass is 273 g/mol. The lowest BCUT2D eigenvalue weighted by Crippen LogP contribution is -2.65. The van der Waals surface area contributed by atoms with Crippen LogP contribution in [0.1, 0.15) is 40.5 Å². The first-order valence-electron chi connectivity index (χ1n) is 7.02. The zero-order chi connectivity index (χ0) is 12.3. The lowest BCUT2D eigenvalue weighted by molar-refractivity contribution is -0.199. The van der Waals surface area contributed by atoms with Gasteiger partial charge in [-0.05, 0) is 43.6 Å². The third kappa shape index (κ3) is 1.84. The second kappa shape index (κ2) is 4.66. The minimum atomic E-state index is -0.0433. The molecule has 104 valence electrons. The zero-order valence-electron chi connectivity index (χ0n) is 11.9. The second-order valence-corrected chi connectivity index (χ2v) is 6.71. The van der Waals surface area contributed by atoms with E-state index >= 15 is 0 Å². The smallest absolute Gasteiger partial charge is 0.405 e. The molecule has 0 aromatic carbocycles. The van der Waals surface area contributed by atoms with Gasteiger partial charge in [0.05, 0.1) is 11.7 Å². The van der Waals surface area contributed by atoms with Gasteiger partial charge in [0, 0.05) is 6.44 Å². The Morgan fingerprint density at radius 2 is 2.00 bits per heavy atom. The normalized spacial score (nSPS) is 44.0. The summed E-state index contributed by atoms with van der Waals surface area (Å²) >= 11 is 0. The molecular formula is C13H25BClNO2. The summed E-state index contributed by atoms with van der Waals surface area (Å²) in [5.74, 6) is 1.51. The third-order valence-corrected chi connectivity index (χ3v) is 5.56. The van der Waals surface area contributed by atoms with E-state index in [-0.39, 0.29) is 25.1 Å². The molecule has 5 heteroatoms. The lowest BCUT2D eigenvalue weighted by atomic mass is 9.43. The van der Waals surface area contributed by atoms with Crippen LogP contribution in [0.2, 0.25) is 0 Å². The standard InChI is InChI=1S/C13H24BNO2.ClH/c1-5-15-8-14-16-11-7-9-6-10(12(9,2)3)13(11,4)17-14;/h9-11,15H,5-8H2,1-4H3;1H/t9-,10-,11-,13-;/m0./s1. The van der Waals surface area contributed by atoms with Crippen molar-refractivity contribution in [2.45, 2.75) is 52.2 Å². The lowest BCUT2D eigenvalue weighted by Gasteiger charge is -2.64. The van der Waals surface area contributed by atoms with Crippen LogP contribution in [0.5, 0.6) is 0 Å². The molecule has 1 saturated heterocycles. The van der Waals surface area contributed by atoms with Gasteiger partial charge < -0.3 is 14.6 Å². The molecule has 4 rings (SSSR count). The van der Waals surface area contributed by atoms with E-state index in [0.717, 1.165) is 18.9 Å². The van der Waals surface area contributed by atoms with Crippen molar-refractivity contribution in [2.24, 2.45) is 17.3 Å². The highest BCUT2D eigenvalue weighted by Gasteiger charge is 2.67. The van der Waals surface area contributed by atoms with Crippen molar-refractivity contribution in [1.29, 1.82) is 0 Å². The molecule has 0 unspecified atom stereocenters. The minimum absolute atomic E-state index is 0. The topological polar surface area (TPSA) is 30.5 Å². The summed E-state index contributed by atoms with van der Waals surface area (Å²) in [4.78, 5) is 0. The zero-order valence-corrected chi connectivity index (χ0v) is 12.7. The number of halogens is 1. The van der Waals surface area contributed by atoms with E-state index in [2.05, 4.69) is 33.0 Å². The highest BCUT2D eigenvalue weighted by molar-refractivity contribution is 6.45. The first kappa shape index (κ1) is 14.6. The minimum Gasteiger partial charge on any atom is -0.405 e. The van der Waals surface area contributed by atoms with E-state index in [1.165, 1.54) is 12.8 Å². The van der Waals surface area contributed by atoms with Crippen LogP contribution in [0.25, 0.3) is 0 Å². The highest BCUT2D eigenvalue weighted by atomic mass is 35.5. The van der Waals surface area contributed by atoms with Crippen LogP contribution in [0.4, 0.5) is 0 Å². The molecule has 3 nitrogen and oxygen atoms in total. The van der Waals surface area contributed by atoms with Crippen LogP contribution >= 0.6 is 12.4 Å². The van der Waals surface area contributed by atoms with Crippen molar-refractivity contribution >= 4 is 19.5 Å². The van der Waals surface area contributed by atoms with Crippen LogP contribution in [0, 0.1) is 17.3 Å². The first-order chi connectivity index (χ1) is 7.98. The van der Waals surface area contributed by atoms with Gasteiger partial charge in [-0.25, -0.2) is 0 Å². The molecule has 4 fully saturated rings. The summed E-state index contributed by atoms with van der Waals surface area (Å²) in [5, 5.41) is 3.32. The van der Waals surface area contributed by atoms with Crippen molar-refractivity contribution in [1.82, 2.24) is 5.32 Å². The van der Waals surface area contributed by atoms with E-state index in [4.69, 9.17) is 9.31 Å². The van der Waals surface area contributed by atoms with Crippen molar-refractivity contribution in [3.8, 4) is 0 Å². The molecule has 0 spiro atoms. The Morgan fingerprint density at radius 3 is 2.61 bits per heavy atom. The molecule has 0 radical (unpaired) electrons. The van der Waals surface area contributed by atoms with Gasteiger partial charge in [0.15, 0.2) is 0 Å². The van der Waals surface area contributed by atoms with E-state index in [1.54, 1.807) is 0 Å². The average Bonchev–Trinajstić information content (AvgIpc) is 2.61. The molecule has 4 aliphatic rings. The van der Waals surface area contributed by atoms with Crippen LogP contribution in [0.3, 0.4) is 0 Å². The predicted molar refractivity (Wildman–Crippen MR) is 75.9 cm³/mol. The van der Waals surface area contributed by atoms with Gasteiger partial charge in [-0.2, -0.15) is 0 Å². The number of hydrogen-bond acceptors (Lipinski definition) is 3. The van der Waals surface area contributed by atoms with Crippen LogP contribution in [0.15, 0.2) is 0 Å². The van der Waals surface area contributed by atoms with Crippen LogP contribution < -0.4 is 5.32 Å². The Morgan fingerprint density at radius 1 is 1.28 bits per heavy atom. The highest BCUT2D eigenvalue weighted by Crippen LogP contribution is 2.65. The SMILES string of the molecule is CCNCB1O[C@H]2C[C@@H]3C[C@@H](C3(C)C)[C@]2(C)O1.Cl. The van der Waals surface area contributed by atoms with Crippen molar-refractivity contribution in [3.05, 3.63) is 0 Å². The summed E-state index contributed by atoms with van der Waals surface area (Å²) in [7, 11) is -0.0416. The summed E-state index contributed by atoms with van der Waals surface area (Å²) in [6, 6.07) is 0. The Labute approximate surface area is 117 Å². The fourth-order valence-electron chi connectivity index (χ4n) is 4.30. The molecule has 0 aromatic rings. The summed E-state index contributed by atoms with van der Waals surface area (Å²) in [6.07, 6.45) is 3.66. The maximum atomic E-state index is 6.26. The number of rotatable bonds is 3. The third-order valence-electron chi connectivity index (χ3n) is 5.56. The van der Waals surface area contributed by atoms with E-state index in [1.807, 2.05) is 0 Å². The fourth-order valence-corrected chi connectivity index (χ4v) is 4.30. The van der Waals surface area contributed by atoms with Crippen molar-refractivity contribution in [2.75, 3.05) is 13.0 Å². The molecule has 3 aliphatic carbocycles. The molecule has 2 bridgehead atoms. The summed E-state index contributed by atoms with van der Waals surface area (Å²) in [6.45, 7) is 10.2. The van der Waals surface area contributed by atoms with Crippen molar-refractivity contribution in [3.63, 3.8) is 0 Å². The quantitative estimate of drug-likeness (QED) is 0.800. The molecule has 1 aliphatic heterocycles. The van der Waals surface area contributed by atoms with E-state index in [0.29, 0.717) is 17.4 Å². The molecule has 3 saturated carbocycles. The maximum absolute atomic E-state index is 6.26. The second-order valence-electron chi connectivity index (χ2n) is 6.71. The first-order valence-corrected chi connectivity index (χ1v) is 7.02. The van der Waals surface area contributed by atoms with Gasteiger partial charge in [-0.1, -0.05) is 20.8 Å². The van der Waals surface area contributed by atoms with Crippen LogP contribution in [-0.4, -0.2) is 31.8 Å². The van der Waals surface area contributed by atoms with Gasteiger partial charge >= 0.3 is 7.12 Å². The fraction of sp³-hybridized carbons (Fsp3) is 1.00. The largest absolute Gasteiger partial charge is 0.472 e. The van der Waals surface area contributed by atoms with E-state index in [9.17, 15) is 0 Å². The molecule has 0 aromatic heterocycles. The Hall–Kier alpha value is 0.235. The number of nitrogens with one attached hydrogen (secondary N) is 1. The van der Waals surface area contributed by atoms with Gasteiger partial charge in [0.25, 0.3) is 0 Å². The average molecular weight is 274 g/mol. The van der Waals surface area contributed by atoms with E-state index < -0.39 is 0 Å². The molecular weight excluding hydrogens is 248 g/mol. The molecule has 1 heterocycles. The maximum Gasteiger partial charge on any atom is 0.472 e. The summed E-state index contributed by atoms with van der Waals surface area (Å²) in [5.41, 5.74) is 0.403. The molecule has 1 N–H and O–H groups in total. The Balaban J connectivity index is 0.00000120. The van der Waals surface area contributed by atoms with Gasteiger partial charge in [-0.3, -0.25) is 0 Å². The number of hydrogen-bond donors (Lipinski definition) is 1. The van der Waals surface area contributed by atoms with Gasteiger partial charge in [0.1, 0.15) is 0 Å². The molecule has 4 atom stereocenters. The molecule has 18 heavy (non-hydrogen) atoms. The van der Waals surface area contributed by atoms with Gasteiger partial charge in [-0.15, -0.1) is 12.4 Å². The van der Waals surface area contributed by atoms with Crippen molar-refractivity contribution < 1.29 is 9.31 Å². The molecule has 0 amide bonds. The Bertz CT molecular complexity index is 328. The predicted octanol–water partition coefficient (Wildman–Crippen LogP) is 2.29. The summed E-state index contributed by atoms with van der Waals surface area (Å²) < 4.78 is 12.3.